The van der Waals surface area contributed by atoms with Crippen molar-refractivity contribution in [3.8, 4) is 0 Å². The minimum Gasteiger partial charge on any atom is -0.373 e. The van der Waals surface area contributed by atoms with E-state index in [4.69, 9.17) is 4.74 Å². The van der Waals surface area contributed by atoms with E-state index in [1.54, 1.807) is 7.11 Å². The van der Waals surface area contributed by atoms with Crippen LogP contribution in [0.4, 0.5) is 0 Å². The fraction of sp³-hybridized carbons (Fsp3) is 0.800. The number of carbonyl (C=O) groups excluding carboxylic acids is 2. The fourth-order valence-electron chi connectivity index (χ4n) is 6.57. The normalized spacial score (nSPS) is 49.3. The van der Waals surface area contributed by atoms with E-state index in [0.29, 0.717) is 23.5 Å². The molecule has 0 saturated heterocycles. The Hall–Kier alpha value is -0.960. The standard InChI is InChI=1S/C20H28O3/c1-19-9-8-15-13(14(19)6-7-18(19)22)5-4-12-10-16(21)17(23-3)11-20(12,15)2/h10,13-15,17H,4-9,11H2,1-3H3/t13-,14-,15-,17-,19-,20-/m0/s1. The molecule has 0 bridgehead atoms. The van der Waals surface area contributed by atoms with E-state index < -0.39 is 0 Å². The second-order valence-electron chi connectivity index (χ2n) is 8.75. The molecule has 3 saturated carbocycles. The van der Waals surface area contributed by atoms with Crippen LogP contribution < -0.4 is 0 Å². The van der Waals surface area contributed by atoms with Crippen LogP contribution in [-0.2, 0) is 14.3 Å². The largest absolute Gasteiger partial charge is 0.373 e. The van der Waals surface area contributed by atoms with Gasteiger partial charge >= 0.3 is 0 Å². The predicted octanol–water partition coefficient (Wildman–Crippen LogP) is 3.71. The molecule has 23 heavy (non-hydrogen) atoms. The molecule has 0 radical (unpaired) electrons. The third-order valence-electron chi connectivity index (χ3n) is 7.97. The summed E-state index contributed by atoms with van der Waals surface area (Å²) in [7, 11) is 1.65. The highest BCUT2D eigenvalue weighted by Gasteiger charge is 2.59. The molecule has 0 aromatic heterocycles. The Morgan fingerprint density at radius 1 is 1.04 bits per heavy atom. The van der Waals surface area contributed by atoms with Gasteiger partial charge in [-0.15, -0.1) is 0 Å². The molecule has 4 rings (SSSR count). The van der Waals surface area contributed by atoms with Gasteiger partial charge in [0.05, 0.1) is 0 Å². The van der Waals surface area contributed by atoms with Crippen LogP contribution in [0.15, 0.2) is 11.6 Å². The number of allylic oxidation sites excluding steroid dienone is 1. The molecule has 4 aliphatic carbocycles. The van der Waals surface area contributed by atoms with E-state index in [1.807, 2.05) is 6.08 Å². The van der Waals surface area contributed by atoms with Gasteiger partial charge in [-0.05, 0) is 67.8 Å². The van der Waals surface area contributed by atoms with E-state index in [-0.39, 0.29) is 22.7 Å². The van der Waals surface area contributed by atoms with Crippen molar-refractivity contribution in [1.82, 2.24) is 0 Å². The molecule has 4 aliphatic rings. The SMILES string of the molecule is CO[C@H]1C[C@@]2(C)C(=CC1=O)CC[C@@H]1[C@@H]2CC[C@]2(C)C(=O)CC[C@@H]12. The Labute approximate surface area is 138 Å². The van der Waals surface area contributed by atoms with E-state index in [0.717, 1.165) is 44.9 Å². The number of rotatable bonds is 1. The lowest BCUT2D eigenvalue weighted by Crippen LogP contribution is -2.52. The van der Waals surface area contributed by atoms with Gasteiger partial charge in [-0.25, -0.2) is 0 Å². The summed E-state index contributed by atoms with van der Waals surface area (Å²) in [5.41, 5.74) is 1.37. The third-order valence-corrected chi connectivity index (χ3v) is 7.97. The summed E-state index contributed by atoms with van der Waals surface area (Å²) in [4.78, 5) is 24.6. The van der Waals surface area contributed by atoms with Gasteiger partial charge in [0.15, 0.2) is 5.78 Å². The van der Waals surface area contributed by atoms with Gasteiger partial charge in [-0.3, -0.25) is 9.59 Å². The van der Waals surface area contributed by atoms with Gasteiger partial charge in [0, 0.05) is 18.9 Å². The average Bonchev–Trinajstić information content (AvgIpc) is 2.83. The number of ether oxygens (including phenoxy) is 1. The van der Waals surface area contributed by atoms with Crippen molar-refractivity contribution in [2.24, 2.45) is 28.6 Å². The molecule has 0 amide bonds. The molecule has 6 atom stereocenters. The van der Waals surface area contributed by atoms with Crippen LogP contribution in [0.25, 0.3) is 0 Å². The topological polar surface area (TPSA) is 43.4 Å². The van der Waals surface area contributed by atoms with Gasteiger partial charge in [0.25, 0.3) is 0 Å². The van der Waals surface area contributed by atoms with Crippen LogP contribution in [0.1, 0.15) is 58.8 Å². The molecule has 3 nitrogen and oxygen atoms in total. The molecule has 0 spiro atoms. The summed E-state index contributed by atoms with van der Waals surface area (Å²) in [6.07, 6.45) is 8.65. The van der Waals surface area contributed by atoms with Gasteiger partial charge in [-0.1, -0.05) is 19.4 Å². The lowest BCUT2D eigenvalue weighted by Gasteiger charge is -2.57. The van der Waals surface area contributed by atoms with Crippen LogP contribution in [0.3, 0.4) is 0 Å². The van der Waals surface area contributed by atoms with Gasteiger partial charge in [0.2, 0.25) is 0 Å². The first-order valence-electron chi connectivity index (χ1n) is 9.21. The molecule has 3 heteroatoms. The second-order valence-corrected chi connectivity index (χ2v) is 8.75. The summed E-state index contributed by atoms with van der Waals surface area (Å²) in [5.74, 6) is 2.46. The zero-order chi connectivity index (χ0) is 16.4. The molecule has 0 heterocycles. The molecular formula is C20H28O3. The molecular weight excluding hydrogens is 288 g/mol. The Bertz CT molecular complexity index is 592. The van der Waals surface area contributed by atoms with Crippen molar-refractivity contribution in [3.63, 3.8) is 0 Å². The Morgan fingerprint density at radius 2 is 1.78 bits per heavy atom. The Morgan fingerprint density at radius 3 is 2.52 bits per heavy atom. The van der Waals surface area contributed by atoms with Crippen LogP contribution in [-0.4, -0.2) is 24.8 Å². The summed E-state index contributed by atoms with van der Waals surface area (Å²) >= 11 is 0. The zero-order valence-electron chi connectivity index (χ0n) is 14.6. The lowest BCUT2D eigenvalue weighted by atomic mass is 9.47. The summed E-state index contributed by atoms with van der Waals surface area (Å²) < 4.78 is 5.47. The highest BCUT2D eigenvalue weighted by molar-refractivity contribution is 5.95. The first-order valence-corrected chi connectivity index (χ1v) is 9.21. The minimum atomic E-state index is -0.277. The highest BCUT2D eigenvalue weighted by atomic mass is 16.5. The zero-order valence-corrected chi connectivity index (χ0v) is 14.6. The van der Waals surface area contributed by atoms with Crippen molar-refractivity contribution in [2.45, 2.75) is 64.9 Å². The van der Waals surface area contributed by atoms with E-state index in [1.165, 1.54) is 5.57 Å². The van der Waals surface area contributed by atoms with Crippen LogP contribution >= 0.6 is 0 Å². The quantitative estimate of drug-likeness (QED) is 0.740. The number of Topliss-reactive ketones (excluding diaryl/α,β-unsaturated/α-hetero) is 1. The van der Waals surface area contributed by atoms with Crippen molar-refractivity contribution in [2.75, 3.05) is 7.11 Å². The molecule has 0 aromatic rings. The number of fused-ring (bicyclic) bond motifs is 5. The molecule has 0 aliphatic heterocycles. The van der Waals surface area contributed by atoms with Crippen LogP contribution in [0, 0.1) is 28.6 Å². The van der Waals surface area contributed by atoms with Crippen molar-refractivity contribution < 1.29 is 14.3 Å². The Balaban J connectivity index is 1.70. The summed E-state index contributed by atoms with van der Waals surface area (Å²) in [6, 6.07) is 0. The average molecular weight is 316 g/mol. The van der Waals surface area contributed by atoms with Crippen molar-refractivity contribution in [3.05, 3.63) is 11.6 Å². The number of hydrogen-bond acceptors (Lipinski definition) is 3. The number of carbonyl (C=O) groups is 2. The van der Waals surface area contributed by atoms with Crippen LogP contribution in [0.5, 0.6) is 0 Å². The third kappa shape index (κ3) is 1.98. The Kier molecular flexibility index (Phi) is 3.39. The maximum Gasteiger partial charge on any atom is 0.184 e. The van der Waals surface area contributed by atoms with Crippen molar-refractivity contribution >= 4 is 11.6 Å². The predicted molar refractivity (Wildman–Crippen MR) is 87.9 cm³/mol. The summed E-state index contributed by atoms with van der Waals surface area (Å²) in [6.45, 7) is 4.58. The van der Waals surface area contributed by atoms with E-state index in [9.17, 15) is 9.59 Å². The highest BCUT2D eigenvalue weighted by Crippen LogP contribution is 2.64. The first-order chi connectivity index (χ1) is 10.9. The second kappa shape index (κ2) is 5.02. The fourth-order valence-corrected chi connectivity index (χ4v) is 6.57. The van der Waals surface area contributed by atoms with Crippen molar-refractivity contribution in [1.29, 1.82) is 0 Å². The van der Waals surface area contributed by atoms with Gasteiger partial charge in [-0.2, -0.15) is 0 Å². The number of hydrogen-bond donors (Lipinski definition) is 0. The van der Waals surface area contributed by atoms with Crippen LogP contribution in [0.2, 0.25) is 0 Å². The molecule has 0 N–H and O–H groups in total. The maximum absolute atomic E-state index is 12.4. The van der Waals surface area contributed by atoms with E-state index >= 15 is 0 Å². The summed E-state index contributed by atoms with van der Waals surface area (Å²) in [5, 5.41) is 0. The number of methoxy groups -OCH3 is 1. The smallest absolute Gasteiger partial charge is 0.184 e. The monoisotopic (exact) mass is 316 g/mol. The minimum absolute atomic E-state index is 0.0656. The molecule has 0 aromatic carbocycles. The van der Waals surface area contributed by atoms with Gasteiger partial charge in [0.1, 0.15) is 11.9 Å². The lowest BCUT2D eigenvalue weighted by molar-refractivity contribution is -0.135. The molecule has 126 valence electrons. The van der Waals surface area contributed by atoms with E-state index in [2.05, 4.69) is 13.8 Å². The molecule has 3 fully saturated rings. The maximum atomic E-state index is 12.4. The number of ketones is 2. The molecule has 0 unspecified atom stereocenters. The van der Waals surface area contributed by atoms with Gasteiger partial charge < -0.3 is 4.74 Å². The first kappa shape index (κ1) is 15.6.